The molecule has 2 unspecified atom stereocenters. The first-order valence-electron chi connectivity index (χ1n) is 9.92. The normalized spacial score (nSPS) is 24.2. The molecule has 146 valence electrons. The van der Waals surface area contributed by atoms with Gasteiger partial charge in [-0.05, 0) is 50.0 Å². The molecule has 1 aromatic carbocycles. The highest BCUT2D eigenvalue weighted by molar-refractivity contribution is 5.90. The van der Waals surface area contributed by atoms with Crippen LogP contribution in [0.2, 0.25) is 0 Å². The molecule has 2 atom stereocenters. The minimum absolute atomic E-state index is 0.0276. The van der Waals surface area contributed by atoms with Crippen molar-refractivity contribution >= 4 is 17.6 Å². The van der Waals surface area contributed by atoms with Crippen molar-refractivity contribution in [2.24, 2.45) is 11.3 Å². The van der Waals surface area contributed by atoms with Crippen LogP contribution in [0.25, 0.3) is 0 Å². The van der Waals surface area contributed by atoms with Crippen LogP contribution in [-0.4, -0.2) is 43.0 Å². The Kier molecular flexibility index (Phi) is 6.00. The van der Waals surface area contributed by atoms with Crippen molar-refractivity contribution in [3.8, 4) is 0 Å². The molecule has 0 bridgehead atoms. The van der Waals surface area contributed by atoms with Gasteiger partial charge in [0.05, 0.1) is 12.0 Å². The zero-order valence-corrected chi connectivity index (χ0v) is 16.4. The number of carbonyl (C=O) groups is 2. The number of anilines is 1. The number of hydrogen-bond acceptors (Lipinski definition) is 4. The third-order valence-corrected chi connectivity index (χ3v) is 6.01. The van der Waals surface area contributed by atoms with Gasteiger partial charge >= 0.3 is 5.97 Å². The van der Waals surface area contributed by atoms with Crippen LogP contribution >= 0.6 is 0 Å². The average molecular weight is 370 g/mol. The van der Waals surface area contributed by atoms with E-state index < -0.39 is 5.41 Å². The van der Waals surface area contributed by atoms with Gasteiger partial charge in [-0.1, -0.05) is 38.1 Å². The number of esters is 1. The first kappa shape index (κ1) is 19.6. The molecule has 0 aromatic heterocycles. The number of fused-ring (bicyclic) bond motifs is 1. The highest BCUT2D eigenvalue weighted by atomic mass is 16.5. The second-order valence-corrected chi connectivity index (χ2v) is 7.78. The quantitative estimate of drug-likeness (QED) is 0.563. The number of ether oxygens (including phenoxy) is 1. The van der Waals surface area contributed by atoms with Crippen LogP contribution in [0.3, 0.4) is 0 Å². The zero-order valence-electron chi connectivity index (χ0n) is 16.4. The van der Waals surface area contributed by atoms with Crippen molar-refractivity contribution < 1.29 is 14.3 Å². The van der Waals surface area contributed by atoms with E-state index >= 15 is 0 Å². The molecule has 0 spiro atoms. The molecule has 1 aliphatic carbocycles. The fraction of sp³-hybridized carbons (Fsp3) is 0.545. The predicted molar refractivity (Wildman–Crippen MR) is 106 cm³/mol. The predicted octanol–water partition coefficient (Wildman–Crippen LogP) is 3.41. The number of hydrogen-bond donors (Lipinski definition) is 1. The first-order valence-corrected chi connectivity index (χ1v) is 9.92. The first-order chi connectivity index (χ1) is 13.0. The van der Waals surface area contributed by atoms with E-state index in [0.717, 1.165) is 49.3 Å². The molecule has 3 rings (SSSR count). The van der Waals surface area contributed by atoms with Crippen molar-refractivity contribution in [3.05, 3.63) is 42.0 Å². The smallest absolute Gasteiger partial charge is 0.313 e. The minimum atomic E-state index is -0.439. The van der Waals surface area contributed by atoms with E-state index in [1.807, 2.05) is 24.3 Å². The molecule has 5 nitrogen and oxygen atoms in total. The van der Waals surface area contributed by atoms with Gasteiger partial charge in [0.2, 0.25) is 5.91 Å². The summed E-state index contributed by atoms with van der Waals surface area (Å²) in [5, 5.41) is 2.96. The Morgan fingerprint density at radius 2 is 2.00 bits per heavy atom. The van der Waals surface area contributed by atoms with Crippen molar-refractivity contribution in [2.45, 2.75) is 39.5 Å². The van der Waals surface area contributed by atoms with Gasteiger partial charge in [-0.3, -0.25) is 9.59 Å². The molecule has 1 saturated carbocycles. The molecule has 1 heterocycles. The summed E-state index contributed by atoms with van der Waals surface area (Å²) in [6.07, 6.45) is 2.76. The summed E-state index contributed by atoms with van der Waals surface area (Å²) in [5.74, 6) is 0.191. The van der Waals surface area contributed by atoms with Crippen LogP contribution in [-0.2, 0) is 20.7 Å². The number of amides is 1. The van der Waals surface area contributed by atoms with Gasteiger partial charge in [0.15, 0.2) is 0 Å². The SMILES string of the molecule is C=C1CC2COC(=O)C2(Cc2ccc(NC(=O)CCN(CC)CC)cc2)C1. The molecule has 1 aliphatic heterocycles. The monoisotopic (exact) mass is 370 g/mol. The second-order valence-electron chi connectivity index (χ2n) is 7.78. The molecule has 2 fully saturated rings. The lowest BCUT2D eigenvalue weighted by molar-refractivity contribution is -0.146. The number of rotatable bonds is 8. The summed E-state index contributed by atoms with van der Waals surface area (Å²) in [4.78, 5) is 26.8. The molecular weight excluding hydrogens is 340 g/mol. The molecule has 27 heavy (non-hydrogen) atoms. The fourth-order valence-corrected chi connectivity index (χ4v) is 4.36. The van der Waals surface area contributed by atoms with Crippen LogP contribution in [0.15, 0.2) is 36.4 Å². The van der Waals surface area contributed by atoms with Gasteiger partial charge in [0.1, 0.15) is 0 Å². The Labute approximate surface area is 161 Å². The summed E-state index contributed by atoms with van der Waals surface area (Å²) in [7, 11) is 0. The zero-order chi connectivity index (χ0) is 19.4. The molecule has 5 heteroatoms. The van der Waals surface area contributed by atoms with E-state index in [9.17, 15) is 9.59 Å². The second kappa shape index (κ2) is 8.26. The van der Waals surface area contributed by atoms with Crippen molar-refractivity contribution in [3.63, 3.8) is 0 Å². The summed E-state index contributed by atoms with van der Waals surface area (Å²) in [6, 6.07) is 7.83. The highest BCUT2D eigenvalue weighted by Crippen LogP contribution is 2.52. The van der Waals surface area contributed by atoms with E-state index in [0.29, 0.717) is 19.4 Å². The van der Waals surface area contributed by atoms with Crippen LogP contribution in [0.5, 0.6) is 0 Å². The maximum absolute atomic E-state index is 12.4. The van der Waals surface area contributed by atoms with Crippen molar-refractivity contribution in [1.29, 1.82) is 0 Å². The third-order valence-electron chi connectivity index (χ3n) is 6.01. The van der Waals surface area contributed by atoms with Crippen LogP contribution in [0.1, 0.15) is 38.7 Å². The molecule has 1 aromatic rings. The summed E-state index contributed by atoms with van der Waals surface area (Å²) in [6.45, 7) is 11.5. The molecule has 0 radical (unpaired) electrons. The largest absolute Gasteiger partial charge is 0.465 e. The number of cyclic esters (lactones) is 1. The van der Waals surface area contributed by atoms with Crippen molar-refractivity contribution in [2.75, 3.05) is 31.6 Å². The number of carbonyl (C=O) groups excluding carboxylic acids is 2. The summed E-state index contributed by atoms with van der Waals surface area (Å²) in [5.41, 5.74) is 2.59. The van der Waals surface area contributed by atoms with E-state index in [-0.39, 0.29) is 17.8 Å². The molecular formula is C22H30N2O3. The van der Waals surface area contributed by atoms with Gasteiger partial charge in [-0.2, -0.15) is 0 Å². The van der Waals surface area contributed by atoms with Crippen LogP contribution < -0.4 is 5.32 Å². The molecule has 1 amide bonds. The number of benzene rings is 1. The topological polar surface area (TPSA) is 58.6 Å². The molecule has 1 saturated heterocycles. The molecule has 1 N–H and O–H groups in total. The maximum atomic E-state index is 12.4. The number of nitrogens with zero attached hydrogens (tertiary/aromatic N) is 1. The summed E-state index contributed by atoms with van der Waals surface area (Å²) >= 11 is 0. The van der Waals surface area contributed by atoms with Crippen LogP contribution in [0.4, 0.5) is 5.69 Å². The lowest BCUT2D eigenvalue weighted by Crippen LogP contribution is -2.31. The fourth-order valence-electron chi connectivity index (χ4n) is 4.36. The number of allylic oxidation sites excluding steroid dienone is 1. The Bertz CT molecular complexity index is 709. The average Bonchev–Trinajstić information content (AvgIpc) is 3.12. The maximum Gasteiger partial charge on any atom is 0.313 e. The Balaban J connectivity index is 1.58. The van der Waals surface area contributed by atoms with E-state index in [4.69, 9.17) is 4.74 Å². The third kappa shape index (κ3) is 4.24. The van der Waals surface area contributed by atoms with Gasteiger partial charge < -0.3 is 15.0 Å². The molecule has 2 aliphatic rings. The minimum Gasteiger partial charge on any atom is -0.465 e. The Hall–Kier alpha value is -2.14. The lowest BCUT2D eigenvalue weighted by Gasteiger charge is -2.24. The lowest BCUT2D eigenvalue weighted by atomic mass is 9.75. The van der Waals surface area contributed by atoms with Crippen LogP contribution in [0, 0.1) is 11.3 Å². The van der Waals surface area contributed by atoms with E-state index in [2.05, 4.69) is 30.6 Å². The van der Waals surface area contributed by atoms with Gasteiger partial charge in [0.25, 0.3) is 0 Å². The van der Waals surface area contributed by atoms with Gasteiger partial charge in [-0.25, -0.2) is 0 Å². The Morgan fingerprint density at radius 1 is 1.30 bits per heavy atom. The summed E-state index contributed by atoms with van der Waals surface area (Å²) < 4.78 is 5.34. The van der Waals surface area contributed by atoms with Gasteiger partial charge in [0, 0.05) is 24.6 Å². The standard InChI is InChI=1S/C22H30N2O3/c1-4-24(5-2)11-10-20(25)23-19-8-6-17(7-9-19)14-22-13-16(3)12-18(22)15-27-21(22)26/h6-9,18H,3-5,10-15H2,1-2H3,(H,23,25). The van der Waals surface area contributed by atoms with E-state index in [1.54, 1.807) is 0 Å². The van der Waals surface area contributed by atoms with E-state index in [1.165, 1.54) is 0 Å². The van der Waals surface area contributed by atoms with Crippen molar-refractivity contribution in [1.82, 2.24) is 4.90 Å². The van der Waals surface area contributed by atoms with Gasteiger partial charge in [-0.15, -0.1) is 0 Å². The highest BCUT2D eigenvalue weighted by Gasteiger charge is 2.55. The number of nitrogens with one attached hydrogen (secondary N) is 1. The Morgan fingerprint density at radius 3 is 2.67 bits per heavy atom.